The zero-order chi connectivity index (χ0) is 22.1. The summed E-state index contributed by atoms with van der Waals surface area (Å²) in [5.74, 6) is 0.496. The summed E-state index contributed by atoms with van der Waals surface area (Å²) in [6, 6.07) is 13.5. The second kappa shape index (κ2) is 7.72. The van der Waals surface area contributed by atoms with Gasteiger partial charge in [0.25, 0.3) is 5.69 Å². The maximum atomic E-state index is 11.2. The second-order valence-electron chi connectivity index (χ2n) is 6.66. The molecule has 4 rings (SSSR count). The summed E-state index contributed by atoms with van der Waals surface area (Å²) in [6.07, 6.45) is 0. The standard InChI is InChI=1S/C21H17N5O5/c1-29-15-7-6-11(9-16(15)30-2)17-14(10-22)20(23)31-21-18(17)19(24-25-21)12-4-3-5-13(8-12)26(27)28/h3-9,17H,23H2,1-2H3,(H,24,25)/t17-/m0/s1. The molecule has 2 heterocycles. The molecule has 3 N–H and O–H groups in total. The molecule has 0 amide bonds. The molecular formula is C21H17N5O5. The minimum absolute atomic E-state index is 0.0631. The van der Waals surface area contributed by atoms with Crippen molar-refractivity contribution in [3.63, 3.8) is 0 Å². The molecule has 31 heavy (non-hydrogen) atoms. The predicted molar refractivity (Wildman–Crippen MR) is 110 cm³/mol. The van der Waals surface area contributed by atoms with E-state index in [1.165, 1.54) is 26.4 Å². The Morgan fingerprint density at radius 3 is 2.68 bits per heavy atom. The first-order valence-corrected chi connectivity index (χ1v) is 9.11. The number of hydrogen-bond acceptors (Lipinski definition) is 8. The Morgan fingerprint density at radius 1 is 1.23 bits per heavy atom. The number of H-pyrrole nitrogens is 1. The van der Waals surface area contributed by atoms with Gasteiger partial charge in [-0.25, -0.2) is 0 Å². The number of nitro benzene ring substituents is 1. The van der Waals surface area contributed by atoms with Crippen LogP contribution in [0.1, 0.15) is 17.0 Å². The summed E-state index contributed by atoms with van der Waals surface area (Å²) in [5, 5.41) is 28.1. The van der Waals surface area contributed by atoms with E-state index in [9.17, 15) is 15.4 Å². The third kappa shape index (κ3) is 3.28. The number of nitro groups is 1. The third-order valence-electron chi connectivity index (χ3n) is 5.03. The number of rotatable bonds is 5. The molecule has 1 aromatic heterocycles. The van der Waals surface area contributed by atoms with Crippen LogP contribution in [0.4, 0.5) is 5.69 Å². The highest BCUT2D eigenvalue weighted by Gasteiger charge is 2.36. The van der Waals surface area contributed by atoms with Crippen LogP contribution in [0.5, 0.6) is 17.4 Å². The Morgan fingerprint density at radius 2 is 2.00 bits per heavy atom. The lowest BCUT2D eigenvalue weighted by Gasteiger charge is -2.24. The van der Waals surface area contributed by atoms with Crippen molar-refractivity contribution in [1.82, 2.24) is 10.2 Å². The summed E-state index contributed by atoms with van der Waals surface area (Å²) < 4.78 is 16.3. The first-order chi connectivity index (χ1) is 15.0. The number of aromatic nitrogens is 2. The van der Waals surface area contributed by atoms with E-state index >= 15 is 0 Å². The average molecular weight is 419 g/mol. The van der Waals surface area contributed by atoms with Crippen LogP contribution in [0.3, 0.4) is 0 Å². The number of allylic oxidation sites excluding steroid dienone is 1. The molecule has 10 nitrogen and oxygen atoms in total. The van der Waals surface area contributed by atoms with Crippen molar-refractivity contribution in [2.24, 2.45) is 5.73 Å². The van der Waals surface area contributed by atoms with Crippen LogP contribution in [0, 0.1) is 21.4 Å². The van der Waals surface area contributed by atoms with Crippen molar-refractivity contribution in [3.05, 3.63) is 75.2 Å². The molecule has 0 aliphatic carbocycles. The van der Waals surface area contributed by atoms with E-state index < -0.39 is 10.8 Å². The molecular weight excluding hydrogens is 402 g/mol. The quantitative estimate of drug-likeness (QED) is 0.473. The number of hydrogen-bond donors (Lipinski definition) is 2. The molecule has 3 aromatic rings. The number of nitriles is 1. The van der Waals surface area contributed by atoms with Crippen molar-refractivity contribution in [1.29, 1.82) is 5.26 Å². The molecule has 1 atom stereocenters. The molecule has 0 saturated heterocycles. The van der Waals surface area contributed by atoms with Gasteiger partial charge in [-0.3, -0.25) is 15.2 Å². The largest absolute Gasteiger partial charge is 0.493 e. The summed E-state index contributed by atoms with van der Waals surface area (Å²) in [4.78, 5) is 10.8. The van der Waals surface area contributed by atoms with Gasteiger partial charge in [0.15, 0.2) is 11.5 Å². The number of fused-ring (bicyclic) bond motifs is 1. The first-order valence-electron chi connectivity index (χ1n) is 9.11. The van der Waals surface area contributed by atoms with Gasteiger partial charge >= 0.3 is 0 Å². The normalized spacial score (nSPS) is 14.9. The van der Waals surface area contributed by atoms with Crippen molar-refractivity contribution in [3.8, 4) is 34.7 Å². The lowest BCUT2D eigenvalue weighted by molar-refractivity contribution is -0.384. The van der Waals surface area contributed by atoms with Crippen molar-refractivity contribution in [2.75, 3.05) is 14.2 Å². The van der Waals surface area contributed by atoms with Crippen LogP contribution in [0.2, 0.25) is 0 Å². The van der Waals surface area contributed by atoms with E-state index in [4.69, 9.17) is 19.9 Å². The minimum Gasteiger partial charge on any atom is -0.493 e. The molecule has 0 radical (unpaired) electrons. The molecule has 1 aliphatic rings. The number of nitrogens with one attached hydrogen (secondary N) is 1. The molecule has 0 fully saturated rings. The Kier molecular flexibility index (Phi) is 4.92. The number of benzene rings is 2. The highest BCUT2D eigenvalue weighted by Crippen LogP contribution is 2.47. The number of methoxy groups -OCH3 is 2. The van der Waals surface area contributed by atoms with Gasteiger partial charge < -0.3 is 19.9 Å². The zero-order valence-corrected chi connectivity index (χ0v) is 16.6. The van der Waals surface area contributed by atoms with Gasteiger partial charge in [0.1, 0.15) is 11.6 Å². The van der Waals surface area contributed by atoms with Crippen LogP contribution in [-0.4, -0.2) is 29.3 Å². The number of aromatic amines is 1. The molecule has 0 bridgehead atoms. The van der Waals surface area contributed by atoms with E-state index in [0.717, 1.165) is 0 Å². The van der Waals surface area contributed by atoms with Gasteiger partial charge in [-0.05, 0) is 17.7 Å². The zero-order valence-electron chi connectivity index (χ0n) is 16.6. The number of nitrogens with two attached hydrogens (primary N) is 1. The maximum Gasteiger partial charge on any atom is 0.270 e. The number of ether oxygens (including phenoxy) is 3. The van der Waals surface area contributed by atoms with Gasteiger partial charge in [-0.1, -0.05) is 18.2 Å². The van der Waals surface area contributed by atoms with Crippen LogP contribution in [0.25, 0.3) is 11.3 Å². The van der Waals surface area contributed by atoms with E-state index in [1.807, 2.05) is 0 Å². The Hall–Kier alpha value is -4.52. The van der Waals surface area contributed by atoms with Crippen LogP contribution in [0.15, 0.2) is 53.9 Å². The molecule has 0 unspecified atom stereocenters. The molecule has 1 aliphatic heterocycles. The van der Waals surface area contributed by atoms with E-state index in [0.29, 0.717) is 33.9 Å². The predicted octanol–water partition coefficient (Wildman–Crippen LogP) is 3.22. The SMILES string of the molecule is COc1ccc([C@H]2C(C#N)=C(N)Oc3n[nH]c(-c4cccc([N+](=O)[O-])c4)c32)cc1OC. The Bertz CT molecular complexity index is 1260. The van der Waals surface area contributed by atoms with Gasteiger partial charge in [0.05, 0.1) is 36.3 Å². The van der Waals surface area contributed by atoms with E-state index in [1.54, 1.807) is 30.3 Å². The van der Waals surface area contributed by atoms with Crippen LogP contribution >= 0.6 is 0 Å². The van der Waals surface area contributed by atoms with Gasteiger partial charge in [0.2, 0.25) is 11.8 Å². The number of nitrogens with zero attached hydrogens (tertiary/aromatic N) is 3. The molecule has 0 saturated carbocycles. The summed E-state index contributed by atoms with van der Waals surface area (Å²) in [5.41, 5.74) is 8.36. The minimum atomic E-state index is -0.637. The van der Waals surface area contributed by atoms with Crippen molar-refractivity contribution in [2.45, 2.75) is 5.92 Å². The van der Waals surface area contributed by atoms with Gasteiger partial charge in [-0.2, -0.15) is 5.26 Å². The summed E-state index contributed by atoms with van der Waals surface area (Å²) >= 11 is 0. The Balaban J connectivity index is 1.94. The lowest BCUT2D eigenvalue weighted by Crippen LogP contribution is -2.21. The fraction of sp³-hybridized carbons (Fsp3) is 0.143. The second-order valence-corrected chi connectivity index (χ2v) is 6.66. The van der Waals surface area contributed by atoms with Gasteiger partial charge in [0, 0.05) is 17.7 Å². The highest BCUT2D eigenvalue weighted by molar-refractivity contribution is 5.72. The summed E-state index contributed by atoms with van der Waals surface area (Å²) in [7, 11) is 3.04. The van der Waals surface area contributed by atoms with Gasteiger partial charge in [-0.15, -0.1) is 5.10 Å². The topological polar surface area (TPSA) is 149 Å². The summed E-state index contributed by atoms with van der Waals surface area (Å²) in [6.45, 7) is 0. The molecule has 10 heteroatoms. The lowest BCUT2D eigenvalue weighted by atomic mass is 9.83. The third-order valence-corrected chi connectivity index (χ3v) is 5.03. The van der Waals surface area contributed by atoms with E-state index in [-0.39, 0.29) is 23.0 Å². The van der Waals surface area contributed by atoms with Crippen LogP contribution < -0.4 is 19.9 Å². The van der Waals surface area contributed by atoms with Crippen molar-refractivity contribution < 1.29 is 19.1 Å². The Labute approximate surface area is 176 Å². The average Bonchev–Trinajstić information content (AvgIpc) is 3.20. The maximum absolute atomic E-state index is 11.2. The molecule has 0 spiro atoms. The fourth-order valence-electron chi connectivity index (χ4n) is 3.61. The highest BCUT2D eigenvalue weighted by atomic mass is 16.6. The number of non-ortho nitro benzene ring substituents is 1. The van der Waals surface area contributed by atoms with Crippen LogP contribution in [-0.2, 0) is 0 Å². The molecule has 156 valence electrons. The smallest absolute Gasteiger partial charge is 0.270 e. The fourth-order valence-corrected chi connectivity index (χ4v) is 3.61. The van der Waals surface area contributed by atoms with Crippen molar-refractivity contribution >= 4 is 5.69 Å². The molecule has 2 aromatic carbocycles. The first kappa shape index (κ1) is 19.8. The monoisotopic (exact) mass is 419 g/mol. The van der Waals surface area contributed by atoms with E-state index in [2.05, 4.69) is 16.3 Å².